The van der Waals surface area contributed by atoms with Crippen molar-refractivity contribution in [1.29, 1.82) is 0 Å². The fraction of sp³-hybridized carbons (Fsp3) is 0.481. The number of anilines is 1. The van der Waals surface area contributed by atoms with Gasteiger partial charge in [-0.1, -0.05) is 36.4 Å². The van der Waals surface area contributed by atoms with Gasteiger partial charge in [-0.25, -0.2) is 9.59 Å². The van der Waals surface area contributed by atoms with Crippen LogP contribution < -0.4 is 20.3 Å². The van der Waals surface area contributed by atoms with E-state index >= 15 is 0 Å². The monoisotopic (exact) mass is 497 g/mol. The first-order valence-electron chi connectivity index (χ1n) is 12.2. The van der Waals surface area contributed by atoms with E-state index in [1.165, 1.54) is 0 Å². The van der Waals surface area contributed by atoms with E-state index in [0.29, 0.717) is 26.1 Å². The molecule has 36 heavy (non-hydrogen) atoms. The van der Waals surface area contributed by atoms with E-state index < -0.39 is 17.8 Å². The molecule has 9 nitrogen and oxygen atoms in total. The van der Waals surface area contributed by atoms with E-state index in [0.717, 1.165) is 22.6 Å². The second-order valence-electron chi connectivity index (χ2n) is 10.1. The number of benzene rings is 2. The standard InChI is InChI=1S/C27H35N3O6/c1-27(2,3)36-26(32)29-22-14-30(15-24(22)33-4)21-11-10-19-12-20(17-34-23(19)13-21)28-25(31)35-16-18-8-6-5-7-9-18/h5-11,13,20,22,24H,12,14-17H2,1-4H3,(H,28,31)(H,29,32)/t20-,22?,24?/m1/s1. The van der Waals surface area contributed by atoms with Crippen LogP contribution in [0.4, 0.5) is 15.3 Å². The van der Waals surface area contributed by atoms with Gasteiger partial charge in [0, 0.05) is 32.0 Å². The Labute approximate surface area is 212 Å². The number of alkyl carbamates (subject to hydrolysis) is 2. The summed E-state index contributed by atoms with van der Waals surface area (Å²) >= 11 is 0. The number of amides is 2. The number of hydrogen-bond acceptors (Lipinski definition) is 7. The number of nitrogens with zero attached hydrogens (tertiary/aromatic N) is 1. The van der Waals surface area contributed by atoms with Crippen molar-refractivity contribution < 1.29 is 28.5 Å². The van der Waals surface area contributed by atoms with Crippen molar-refractivity contribution in [3.05, 3.63) is 59.7 Å². The number of carbonyl (C=O) groups excluding carboxylic acids is 2. The lowest BCUT2D eigenvalue weighted by Crippen LogP contribution is -2.45. The quantitative estimate of drug-likeness (QED) is 0.629. The van der Waals surface area contributed by atoms with Gasteiger partial charge in [0.05, 0.1) is 18.2 Å². The van der Waals surface area contributed by atoms with Gasteiger partial charge in [-0.15, -0.1) is 0 Å². The maximum Gasteiger partial charge on any atom is 0.408 e. The van der Waals surface area contributed by atoms with Crippen LogP contribution in [-0.2, 0) is 27.2 Å². The molecule has 1 saturated heterocycles. The lowest BCUT2D eigenvalue weighted by atomic mass is 10.0. The molecule has 0 saturated carbocycles. The summed E-state index contributed by atoms with van der Waals surface area (Å²) in [6.07, 6.45) is -0.422. The molecule has 1 fully saturated rings. The molecule has 2 aromatic carbocycles. The summed E-state index contributed by atoms with van der Waals surface area (Å²) in [6, 6.07) is 15.2. The van der Waals surface area contributed by atoms with Crippen molar-refractivity contribution in [1.82, 2.24) is 10.6 Å². The van der Waals surface area contributed by atoms with Crippen molar-refractivity contribution in [2.24, 2.45) is 0 Å². The minimum atomic E-state index is -0.563. The molecule has 2 unspecified atom stereocenters. The van der Waals surface area contributed by atoms with Gasteiger partial charge in [0.1, 0.15) is 24.6 Å². The number of methoxy groups -OCH3 is 1. The van der Waals surface area contributed by atoms with E-state index in [2.05, 4.69) is 15.5 Å². The van der Waals surface area contributed by atoms with Crippen molar-refractivity contribution in [2.45, 2.75) is 57.6 Å². The van der Waals surface area contributed by atoms with Gasteiger partial charge < -0.3 is 34.5 Å². The van der Waals surface area contributed by atoms with E-state index in [4.69, 9.17) is 18.9 Å². The van der Waals surface area contributed by atoms with Crippen LogP contribution in [-0.4, -0.2) is 62.8 Å². The van der Waals surface area contributed by atoms with E-state index in [9.17, 15) is 9.59 Å². The number of rotatable bonds is 6. The molecule has 194 valence electrons. The van der Waals surface area contributed by atoms with Crippen LogP contribution in [0.3, 0.4) is 0 Å². The van der Waals surface area contributed by atoms with Crippen molar-refractivity contribution in [3.8, 4) is 5.75 Å². The molecule has 4 rings (SSSR count). The number of nitrogens with one attached hydrogen (secondary N) is 2. The van der Waals surface area contributed by atoms with Crippen LogP contribution >= 0.6 is 0 Å². The number of carbonyl (C=O) groups is 2. The first-order valence-corrected chi connectivity index (χ1v) is 12.2. The molecular weight excluding hydrogens is 462 g/mol. The topological polar surface area (TPSA) is 98.4 Å². The largest absolute Gasteiger partial charge is 0.491 e. The van der Waals surface area contributed by atoms with Crippen LogP contribution in [0.2, 0.25) is 0 Å². The van der Waals surface area contributed by atoms with Gasteiger partial charge in [0.25, 0.3) is 0 Å². The molecule has 0 aromatic heterocycles. The predicted molar refractivity (Wildman–Crippen MR) is 135 cm³/mol. The molecule has 9 heteroatoms. The summed E-state index contributed by atoms with van der Waals surface area (Å²) in [7, 11) is 1.64. The van der Waals surface area contributed by atoms with Crippen molar-refractivity contribution in [2.75, 3.05) is 31.7 Å². The highest BCUT2D eigenvalue weighted by Gasteiger charge is 2.35. The maximum absolute atomic E-state index is 12.3. The van der Waals surface area contributed by atoms with Crippen LogP contribution in [0.1, 0.15) is 31.9 Å². The third kappa shape index (κ3) is 6.81. The molecule has 0 radical (unpaired) electrons. The van der Waals surface area contributed by atoms with E-state index in [-0.39, 0.29) is 24.8 Å². The Morgan fingerprint density at radius 2 is 1.83 bits per heavy atom. The zero-order valence-electron chi connectivity index (χ0n) is 21.3. The molecular formula is C27H35N3O6. The van der Waals surface area contributed by atoms with Crippen molar-refractivity contribution >= 4 is 17.9 Å². The zero-order valence-corrected chi connectivity index (χ0v) is 21.3. The molecule has 2 aromatic rings. The second kappa shape index (κ2) is 11.1. The summed E-state index contributed by atoms with van der Waals surface area (Å²) in [5, 5.41) is 5.82. The minimum Gasteiger partial charge on any atom is -0.491 e. The molecule has 2 aliphatic rings. The SMILES string of the molecule is COC1CN(c2ccc3c(c2)OC[C@H](NC(=O)OCc2ccccc2)C3)CC1NC(=O)OC(C)(C)C. The number of hydrogen-bond donors (Lipinski definition) is 2. The van der Waals surface area contributed by atoms with E-state index in [1.54, 1.807) is 7.11 Å². The highest BCUT2D eigenvalue weighted by Crippen LogP contribution is 2.32. The molecule has 3 atom stereocenters. The maximum atomic E-state index is 12.3. The molecule has 2 N–H and O–H groups in total. The first-order chi connectivity index (χ1) is 17.2. The summed E-state index contributed by atoms with van der Waals surface area (Å²) in [5.41, 5.74) is 2.38. The lowest BCUT2D eigenvalue weighted by molar-refractivity contribution is 0.0417. The molecule has 0 aliphatic carbocycles. The average Bonchev–Trinajstić information content (AvgIpc) is 3.24. The van der Waals surface area contributed by atoms with Crippen LogP contribution in [0.15, 0.2) is 48.5 Å². The van der Waals surface area contributed by atoms with Crippen LogP contribution in [0.5, 0.6) is 5.75 Å². The minimum absolute atomic E-state index is 0.162. The van der Waals surface area contributed by atoms with Crippen LogP contribution in [0, 0.1) is 0 Å². The molecule has 0 spiro atoms. The lowest BCUT2D eigenvalue weighted by Gasteiger charge is -2.27. The van der Waals surface area contributed by atoms with Gasteiger partial charge in [-0.05, 0) is 44.4 Å². The first kappa shape index (κ1) is 25.6. The van der Waals surface area contributed by atoms with Gasteiger partial charge in [-0.2, -0.15) is 0 Å². The second-order valence-corrected chi connectivity index (χ2v) is 10.1. The third-order valence-corrected chi connectivity index (χ3v) is 6.13. The fourth-order valence-corrected chi connectivity index (χ4v) is 4.40. The Balaban J connectivity index is 1.31. The highest BCUT2D eigenvalue weighted by molar-refractivity contribution is 5.69. The van der Waals surface area contributed by atoms with Gasteiger partial charge in [0.2, 0.25) is 0 Å². The Morgan fingerprint density at radius 3 is 2.56 bits per heavy atom. The summed E-state index contributed by atoms with van der Waals surface area (Å²) in [6.45, 7) is 7.32. The number of fused-ring (bicyclic) bond motifs is 1. The number of ether oxygens (including phenoxy) is 4. The Bertz CT molecular complexity index is 1060. The van der Waals surface area contributed by atoms with E-state index in [1.807, 2.05) is 69.3 Å². The van der Waals surface area contributed by atoms with Crippen LogP contribution in [0.25, 0.3) is 0 Å². The Hall–Kier alpha value is -3.46. The average molecular weight is 498 g/mol. The normalized spacial score (nSPS) is 21.2. The third-order valence-electron chi connectivity index (χ3n) is 6.13. The smallest absolute Gasteiger partial charge is 0.408 e. The van der Waals surface area contributed by atoms with Gasteiger partial charge in [0.15, 0.2) is 0 Å². The Morgan fingerprint density at radius 1 is 1.06 bits per heavy atom. The molecule has 2 amide bonds. The van der Waals surface area contributed by atoms with Gasteiger partial charge >= 0.3 is 12.2 Å². The van der Waals surface area contributed by atoms with Gasteiger partial charge in [-0.3, -0.25) is 0 Å². The highest BCUT2D eigenvalue weighted by atomic mass is 16.6. The Kier molecular flexibility index (Phi) is 7.88. The molecule has 2 heterocycles. The predicted octanol–water partition coefficient (Wildman–Crippen LogP) is 3.64. The molecule has 0 bridgehead atoms. The summed E-state index contributed by atoms with van der Waals surface area (Å²) in [5.74, 6) is 0.792. The summed E-state index contributed by atoms with van der Waals surface area (Å²) in [4.78, 5) is 26.6. The molecule has 2 aliphatic heterocycles. The zero-order chi connectivity index (χ0) is 25.7. The summed E-state index contributed by atoms with van der Waals surface area (Å²) < 4.78 is 22.3. The fourth-order valence-electron chi connectivity index (χ4n) is 4.40. The van der Waals surface area contributed by atoms with Crippen molar-refractivity contribution in [3.63, 3.8) is 0 Å².